The Bertz CT molecular complexity index is 502. The van der Waals surface area contributed by atoms with Gasteiger partial charge in [-0.3, -0.25) is 14.7 Å². The number of nitrogens with two attached hydrogens (primary N) is 1. The first-order valence-corrected chi connectivity index (χ1v) is 7.79. The number of nitrogens with zero attached hydrogens (tertiary/aromatic N) is 2. The van der Waals surface area contributed by atoms with E-state index in [4.69, 9.17) is 5.73 Å². The number of likely N-dealkylation sites (tertiary alicyclic amines) is 1. The Hall–Kier alpha value is -1.31. The molecule has 0 aromatic carbocycles. The molecule has 0 aliphatic carbocycles. The second kappa shape index (κ2) is 10.5. The van der Waals surface area contributed by atoms with Crippen molar-refractivity contribution in [3.63, 3.8) is 0 Å². The van der Waals surface area contributed by atoms with Gasteiger partial charge in [-0.1, -0.05) is 13.8 Å². The Kier molecular flexibility index (Phi) is 9.96. The Morgan fingerprint density at radius 1 is 1.38 bits per heavy atom. The van der Waals surface area contributed by atoms with Crippen molar-refractivity contribution in [2.45, 2.75) is 38.6 Å². The Balaban J connectivity index is 0.00000264. The summed E-state index contributed by atoms with van der Waals surface area (Å²) in [5.41, 5.74) is 6.88. The van der Waals surface area contributed by atoms with Crippen LogP contribution in [0.15, 0.2) is 12.3 Å². The van der Waals surface area contributed by atoms with Gasteiger partial charge in [0.1, 0.15) is 0 Å². The van der Waals surface area contributed by atoms with Gasteiger partial charge in [-0.2, -0.15) is 5.10 Å². The number of amides is 2. The molecule has 9 heteroatoms. The zero-order valence-corrected chi connectivity index (χ0v) is 15.7. The van der Waals surface area contributed by atoms with E-state index >= 15 is 0 Å². The number of aromatic amines is 1. The molecular formula is C15H27Cl2N5O2. The highest BCUT2D eigenvalue weighted by Crippen LogP contribution is 2.26. The van der Waals surface area contributed by atoms with Gasteiger partial charge in [0.2, 0.25) is 11.8 Å². The number of nitrogens with one attached hydrogen (secondary N) is 2. The van der Waals surface area contributed by atoms with E-state index in [0.717, 1.165) is 18.5 Å². The Labute approximate surface area is 154 Å². The maximum Gasteiger partial charge on any atom is 0.241 e. The number of rotatable bonds is 5. The van der Waals surface area contributed by atoms with Crippen LogP contribution >= 0.6 is 24.8 Å². The minimum Gasteiger partial charge on any atom is -0.346 e. The highest BCUT2D eigenvalue weighted by molar-refractivity contribution is 5.87. The number of hydrogen-bond donors (Lipinski definition) is 3. The lowest BCUT2D eigenvalue weighted by Crippen LogP contribution is -2.49. The monoisotopic (exact) mass is 379 g/mol. The summed E-state index contributed by atoms with van der Waals surface area (Å²) in [5.74, 6) is 0.166. The van der Waals surface area contributed by atoms with Crippen LogP contribution in [0.1, 0.15) is 38.3 Å². The molecule has 1 aromatic heterocycles. The van der Waals surface area contributed by atoms with Gasteiger partial charge in [-0.15, -0.1) is 24.8 Å². The van der Waals surface area contributed by atoms with Crippen LogP contribution in [0.4, 0.5) is 0 Å². The van der Waals surface area contributed by atoms with Gasteiger partial charge in [-0.05, 0) is 24.8 Å². The summed E-state index contributed by atoms with van der Waals surface area (Å²) >= 11 is 0. The van der Waals surface area contributed by atoms with Crippen molar-refractivity contribution in [1.82, 2.24) is 20.4 Å². The predicted molar refractivity (Wildman–Crippen MR) is 97.5 cm³/mol. The van der Waals surface area contributed by atoms with Crippen molar-refractivity contribution in [2.75, 3.05) is 19.6 Å². The average Bonchev–Trinajstić information content (AvgIpc) is 3.06. The third-order valence-electron chi connectivity index (χ3n) is 4.24. The van der Waals surface area contributed by atoms with Crippen LogP contribution in [0.2, 0.25) is 0 Å². The van der Waals surface area contributed by atoms with Crippen LogP contribution < -0.4 is 11.1 Å². The summed E-state index contributed by atoms with van der Waals surface area (Å²) in [6.45, 7) is 5.19. The quantitative estimate of drug-likeness (QED) is 0.711. The molecule has 1 saturated heterocycles. The fourth-order valence-corrected chi connectivity index (χ4v) is 2.63. The molecule has 1 aliphatic heterocycles. The largest absolute Gasteiger partial charge is 0.346 e. The van der Waals surface area contributed by atoms with E-state index in [1.54, 1.807) is 11.1 Å². The van der Waals surface area contributed by atoms with Crippen LogP contribution in [0, 0.1) is 5.92 Å². The normalized spacial score (nSPS) is 16.1. The van der Waals surface area contributed by atoms with Crippen molar-refractivity contribution < 1.29 is 9.59 Å². The summed E-state index contributed by atoms with van der Waals surface area (Å²) in [5, 5.41) is 9.58. The lowest BCUT2D eigenvalue weighted by atomic mass is 9.93. The van der Waals surface area contributed by atoms with Gasteiger partial charge in [0.05, 0.1) is 12.6 Å². The first-order chi connectivity index (χ1) is 10.5. The van der Waals surface area contributed by atoms with Crippen molar-refractivity contribution in [3.05, 3.63) is 18.0 Å². The summed E-state index contributed by atoms with van der Waals surface area (Å²) in [4.78, 5) is 25.7. The van der Waals surface area contributed by atoms with Gasteiger partial charge in [0.25, 0.3) is 0 Å². The maximum atomic E-state index is 12.1. The van der Waals surface area contributed by atoms with Crippen LogP contribution in [-0.2, 0) is 9.59 Å². The first kappa shape index (κ1) is 22.7. The van der Waals surface area contributed by atoms with Crippen LogP contribution in [0.25, 0.3) is 0 Å². The molecule has 7 nitrogen and oxygen atoms in total. The molecule has 1 atom stereocenters. The van der Waals surface area contributed by atoms with Gasteiger partial charge in [0, 0.05) is 30.9 Å². The van der Waals surface area contributed by atoms with E-state index in [-0.39, 0.29) is 49.1 Å². The zero-order chi connectivity index (χ0) is 16.1. The molecule has 1 aromatic rings. The molecule has 0 bridgehead atoms. The van der Waals surface area contributed by atoms with E-state index < -0.39 is 6.04 Å². The third kappa shape index (κ3) is 5.96. The number of hydrogen-bond acceptors (Lipinski definition) is 4. The SMILES string of the molecule is CC(C)[C@H](N)C(=O)NCC(=O)N1CCC(c2ccn[nH]2)CC1.Cl.Cl. The van der Waals surface area contributed by atoms with Gasteiger partial charge >= 0.3 is 0 Å². The number of aromatic nitrogens is 2. The standard InChI is InChI=1S/C15H25N5O2.2ClH/c1-10(2)14(16)15(22)17-9-13(21)20-7-4-11(5-8-20)12-3-6-18-19-12;;/h3,6,10-11,14H,4-5,7-9,16H2,1-2H3,(H,17,22)(H,18,19);2*1H/t14-;;/m0../s1. The summed E-state index contributed by atoms with van der Waals surface area (Å²) in [6, 6.07) is 1.41. The molecule has 2 amide bonds. The number of halogens is 2. The zero-order valence-electron chi connectivity index (χ0n) is 14.0. The number of carbonyl (C=O) groups is 2. The van der Waals surface area contributed by atoms with E-state index in [2.05, 4.69) is 15.5 Å². The van der Waals surface area contributed by atoms with Crippen molar-refractivity contribution in [3.8, 4) is 0 Å². The molecular weight excluding hydrogens is 353 g/mol. The van der Waals surface area contributed by atoms with E-state index in [9.17, 15) is 9.59 Å². The van der Waals surface area contributed by atoms with Gasteiger partial charge < -0.3 is 16.0 Å². The molecule has 138 valence electrons. The lowest BCUT2D eigenvalue weighted by molar-refractivity contribution is -0.134. The smallest absolute Gasteiger partial charge is 0.241 e. The van der Waals surface area contributed by atoms with Crippen molar-refractivity contribution in [1.29, 1.82) is 0 Å². The minimum atomic E-state index is -0.570. The van der Waals surface area contributed by atoms with E-state index in [1.165, 1.54) is 0 Å². The number of H-pyrrole nitrogens is 1. The molecule has 2 heterocycles. The molecule has 1 aliphatic rings. The van der Waals surface area contributed by atoms with Crippen molar-refractivity contribution >= 4 is 36.6 Å². The number of carbonyl (C=O) groups excluding carboxylic acids is 2. The van der Waals surface area contributed by atoms with Crippen LogP contribution in [0.3, 0.4) is 0 Å². The molecule has 0 radical (unpaired) electrons. The molecule has 4 N–H and O–H groups in total. The second-order valence-corrected chi connectivity index (χ2v) is 6.15. The summed E-state index contributed by atoms with van der Waals surface area (Å²) in [6.07, 6.45) is 3.57. The predicted octanol–water partition coefficient (Wildman–Crippen LogP) is 1.06. The topological polar surface area (TPSA) is 104 Å². The molecule has 0 unspecified atom stereocenters. The molecule has 24 heavy (non-hydrogen) atoms. The molecule has 2 rings (SSSR count). The fourth-order valence-electron chi connectivity index (χ4n) is 2.63. The van der Waals surface area contributed by atoms with Gasteiger partial charge in [-0.25, -0.2) is 0 Å². The maximum absolute atomic E-state index is 12.1. The highest BCUT2D eigenvalue weighted by atomic mass is 35.5. The summed E-state index contributed by atoms with van der Waals surface area (Å²) in [7, 11) is 0. The van der Waals surface area contributed by atoms with Crippen LogP contribution in [0.5, 0.6) is 0 Å². The highest BCUT2D eigenvalue weighted by Gasteiger charge is 2.25. The van der Waals surface area contributed by atoms with E-state index in [0.29, 0.717) is 19.0 Å². The average molecular weight is 380 g/mol. The fraction of sp³-hybridized carbons (Fsp3) is 0.667. The minimum absolute atomic E-state index is 0. The third-order valence-corrected chi connectivity index (χ3v) is 4.24. The van der Waals surface area contributed by atoms with Crippen molar-refractivity contribution in [2.24, 2.45) is 11.7 Å². The van der Waals surface area contributed by atoms with Crippen LogP contribution in [-0.4, -0.2) is 52.6 Å². The van der Waals surface area contributed by atoms with E-state index in [1.807, 2.05) is 19.9 Å². The molecule has 0 spiro atoms. The molecule has 0 saturated carbocycles. The number of piperidine rings is 1. The van der Waals surface area contributed by atoms with Gasteiger partial charge in [0.15, 0.2) is 0 Å². The first-order valence-electron chi connectivity index (χ1n) is 7.79. The Morgan fingerprint density at radius 2 is 2.00 bits per heavy atom. The summed E-state index contributed by atoms with van der Waals surface area (Å²) < 4.78 is 0. The molecule has 1 fully saturated rings. The Morgan fingerprint density at radius 3 is 2.50 bits per heavy atom. The second-order valence-electron chi connectivity index (χ2n) is 6.15. The lowest BCUT2D eigenvalue weighted by Gasteiger charge is -2.31.